The van der Waals surface area contributed by atoms with E-state index >= 15 is 0 Å². The summed E-state index contributed by atoms with van der Waals surface area (Å²) in [6, 6.07) is 12.6. The van der Waals surface area contributed by atoms with Gasteiger partial charge in [0.2, 0.25) is 0 Å². The quantitative estimate of drug-likeness (QED) is 0.722. The maximum atomic E-state index is 13.2. The zero-order valence-corrected chi connectivity index (χ0v) is 16.5. The number of anilines is 1. The number of carbonyl (C=O) groups is 1. The smallest absolute Gasteiger partial charge is 0.406 e. The van der Waals surface area contributed by atoms with Gasteiger partial charge in [-0.2, -0.15) is 0 Å². The normalized spacial score (nSPS) is 21.2. The van der Waals surface area contributed by atoms with Crippen molar-refractivity contribution in [2.45, 2.75) is 26.1 Å². The summed E-state index contributed by atoms with van der Waals surface area (Å²) in [5, 5.41) is 0. The van der Waals surface area contributed by atoms with Gasteiger partial charge in [-0.05, 0) is 55.6 Å². The Kier molecular flexibility index (Phi) is 5.51. The summed E-state index contributed by atoms with van der Waals surface area (Å²) in [5.41, 5.74) is 2.20. The van der Waals surface area contributed by atoms with Crippen LogP contribution < -0.4 is 9.64 Å². The van der Waals surface area contributed by atoms with Crippen LogP contribution in [0.15, 0.2) is 53.5 Å². The summed E-state index contributed by atoms with van der Waals surface area (Å²) in [6.45, 7) is 4.60. The second kappa shape index (κ2) is 8.10. The lowest BCUT2D eigenvalue weighted by molar-refractivity contribution is -0.274. The maximum Gasteiger partial charge on any atom is 0.573 e. The number of likely N-dealkylation sites (tertiary alicyclic amines) is 1. The number of amides is 1. The van der Waals surface area contributed by atoms with E-state index in [2.05, 4.69) is 21.6 Å². The fourth-order valence-corrected chi connectivity index (χ4v) is 3.98. The van der Waals surface area contributed by atoms with E-state index in [0.717, 1.165) is 30.8 Å². The molecule has 1 unspecified atom stereocenters. The fraction of sp³-hybridized carbons (Fsp3) is 0.364. The first-order chi connectivity index (χ1) is 14.3. The lowest BCUT2D eigenvalue weighted by atomic mass is 10.0. The Bertz CT molecular complexity index is 957. The number of halogens is 3. The van der Waals surface area contributed by atoms with Gasteiger partial charge in [-0.15, -0.1) is 13.2 Å². The van der Waals surface area contributed by atoms with Crippen LogP contribution in [0, 0.1) is 5.92 Å². The van der Waals surface area contributed by atoms with Gasteiger partial charge < -0.3 is 4.74 Å². The van der Waals surface area contributed by atoms with Gasteiger partial charge in [-0.3, -0.25) is 14.6 Å². The molecule has 0 saturated carbocycles. The molecule has 1 atom stereocenters. The fourth-order valence-electron chi connectivity index (χ4n) is 3.98. The number of nitrogens with zero attached hydrogens (tertiary/aromatic N) is 3. The molecule has 2 aromatic rings. The van der Waals surface area contributed by atoms with Crippen LogP contribution in [0.5, 0.6) is 5.75 Å². The molecule has 1 amide bonds. The summed E-state index contributed by atoms with van der Waals surface area (Å²) >= 11 is 0. The number of alkyl halides is 3. The number of fused-ring (bicyclic) bond motifs is 1. The van der Waals surface area contributed by atoms with E-state index in [1.165, 1.54) is 30.7 Å². The molecule has 0 radical (unpaired) electrons. The highest BCUT2D eigenvalue weighted by Gasteiger charge is 2.35. The molecule has 158 valence electrons. The van der Waals surface area contributed by atoms with E-state index in [1.54, 1.807) is 4.90 Å². The molecule has 2 aliphatic heterocycles. The molecule has 2 aliphatic rings. The largest absolute Gasteiger partial charge is 0.573 e. The molecule has 0 bridgehead atoms. The Morgan fingerprint density at radius 3 is 2.57 bits per heavy atom. The third-order valence-corrected chi connectivity index (χ3v) is 5.29. The van der Waals surface area contributed by atoms with Crippen molar-refractivity contribution >= 4 is 23.0 Å². The van der Waals surface area contributed by atoms with E-state index in [9.17, 15) is 18.0 Å². The minimum atomic E-state index is -4.75. The topological polar surface area (TPSA) is 45.1 Å². The number of rotatable bonds is 4. The van der Waals surface area contributed by atoms with Crippen LogP contribution in [0.4, 0.5) is 24.5 Å². The number of para-hydroxylation sites is 1. The number of hydrogen-bond donors (Lipinski definition) is 0. The third-order valence-electron chi connectivity index (χ3n) is 5.29. The Balaban J connectivity index is 1.58. The van der Waals surface area contributed by atoms with Gasteiger partial charge >= 0.3 is 6.36 Å². The van der Waals surface area contributed by atoms with Gasteiger partial charge in [0, 0.05) is 12.1 Å². The molecule has 30 heavy (non-hydrogen) atoms. The zero-order valence-electron chi connectivity index (χ0n) is 16.5. The van der Waals surface area contributed by atoms with Crippen molar-refractivity contribution in [2.24, 2.45) is 10.9 Å². The molecule has 2 heterocycles. The molecule has 0 spiro atoms. The van der Waals surface area contributed by atoms with Gasteiger partial charge in [0.15, 0.2) is 0 Å². The highest BCUT2D eigenvalue weighted by Crippen LogP contribution is 2.32. The Hall–Kier alpha value is -2.87. The van der Waals surface area contributed by atoms with Crippen LogP contribution in [-0.2, 0) is 4.79 Å². The number of ether oxygens (including phenoxy) is 1. The second-order valence-corrected chi connectivity index (χ2v) is 7.72. The minimum Gasteiger partial charge on any atom is -0.406 e. The lowest BCUT2D eigenvalue weighted by Gasteiger charge is -2.33. The first kappa shape index (κ1) is 20.4. The predicted octanol–water partition coefficient (Wildman–Crippen LogP) is 4.74. The monoisotopic (exact) mass is 417 g/mol. The summed E-state index contributed by atoms with van der Waals surface area (Å²) in [6.07, 6.45) is -2.44. The summed E-state index contributed by atoms with van der Waals surface area (Å²) in [4.78, 5) is 21.6. The molecular formula is C22H22F3N3O2. The highest BCUT2D eigenvalue weighted by atomic mass is 19.4. The molecule has 0 aliphatic carbocycles. The number of hydrogen-bond acceptors (Lipinski definition) is 4. The predicted molar refractivity (Wildman–Crippen MR) is 108 cm³/mol. The molecule has 0 N–H and O–H groups in total. The first-order valence-corrected chi connectivity index (χ1v) is 9.88. The van der Waals surface area contributed by atoms with Crippen molar-refractivity contribution in [3.8, 4) is 5.75 Å². The van der Waals surface area contributed by atoms with Gasteiger partial charge in [0.05, 0.1) is 18.0 Å². The number of carbonyl (C=O) groups excluding carboxylic acids is 1. The van der Waals surface area contributed by atoms with Crippen molar-refractivity contribution in [3.05, 3.63) is 54.1 Å². The van der Waals surface area contributed by atoms with Crippen LogP contribution in [0.1, 0.15) is 25.3 Å². The molecule has 1 fully saturated rings. The van der Waals surface area contributed by atoms with Crippen molar-refractivity contribution in [1.82, 2.24) is 4.90 Å². The van der Waals surface area contributed by atoms with Gasteiger partial charge in [-0.25, -0.2) is 4.99 Å². The SMILES string of the molecule is CC1CCCN(CN2C(=O)C(=Nc3ccc(OC(F)(F)F)cc3)c3ccccc32)C1. The Morgan fingerprint density at radius 1 is 1.13 bits per heavy atom. The number of benzene rings is 2. The van der Waals surface area contributed by atoms with Gasteiger partial charge in [0.1, 0.15) is 11.5 Å². The van der Waals surface area contributed by atoms with E-state index < -0.39 is 6.36 Å². The molecule has 5 nitrogen and oxygen atoms in total. The third kappa shape index (κ3) is 4.48. The number of piperidine rings is 1. The summed E-state index contributed by atoms with van der Waals surface area (Å²) < 4.78 is 40.9. The summed E-state index contributed by atoms with van der Waals surface area (Å²) in [7, 11) is 0. The lowest BCUT2D eigenvalue weighted by Crippen LogP contribution is -2.45. The number of aliphatic imine (C=N–C) groups is 1. The minimum absolute atomic E-state index is 0.204. The molecule has 1 saturated heterocycles. The van der Waals surface area contributed by atoms with E-state index in [0.29, 0.717) is 24.0 Å². The van der Waals surface area contributed by atoms with Crippen molar-refractivity contribution in [3.63, 3.8) is 0 Å². The average molecular weight is 417 g/mol. The van der Waals surface area contributed by atoms with Crippen LogP contribution >= 0.6 is 0 Å². The Labute approximate surface area is 172 Å². The van der Waals surface area contributed by atoms with Crippen molar-refractivity contribution in [1.29, 1.82) is 0 Å². The molecule has 2 aromatic carbocycles. The zero-order chi connectivity index (χ0) is 21.3. The first-order valence-electron chi connectivity index (χ1n) is 9.88. The van der Waals surface area contributed by atoms with Crippen LogP contribution in [0.25, 0.3) is 0 Å². The Morgan fingerprint density at radius 2 is 1.87 bits per heavy atom. The van der Waals surface area contributed by atoms with Crippen molar-refractivity contribution < 1.29 is 22.7 Å². The van der Waals surface area contributed by atoms with E-state index in [1.807, 2.05) is 24.3 Å². The maximum absolute atomic E-state index is 13.2. The summed E-state index contributed by atoms with van der Waals surface area (Å²) in [5.74, 6) is 0.0627. The van der Waals surface area contributed by atoms with Crippen molar-refractivity contribution in [2.75, 3.05) is 24.7 Å². The second-order valence-electron chi connectivity index (χ2n) is 7.72. The highest BCUT2D eigenvalue weighted by molar-refractivity contribution is 6.54. The van der Waals surface area contributed by atoms with Crippen LogP contribution in [-0.4, -0.2) is 42.6 Å². The van der Waals surface area contributed by atoms with Gasteiger partial charge in [-0.1, -0.05) is 25.1 Å². The van der Waals surface area contributed by atoms with E-state index in [4.69, 9.17) is 0 Å². The van der Waals surface area contributed by atoms with Crippen LogP contribution in [0.2, 0.25) is 0 Å². The van der Waals surface area contributed by atoms with E-state index in [-0.39, 0.29) is 11.7 Å². The van der Waals surface area contributed by atoms with Crippen LogP contribution in [0.3, 0.4) is 0 Å². The molecule has 4 rings (SSSR count). The standard InChI is InChI=1S/C22H22F3N3O2/c1-15-5-4-12-27(13-15)14-28-19-7-3-2-6-18(19)20(21(28)29)26-16-8-10-17(11-9-16)30-22(23,24)25/h2-3,6-11,15H,4-5,12-14H2,1H3. The average Bonchev–Trinajstić information content (AvgIpc) is 2.94. The molecule has 8 heteroatoms. The van der Waals surface area contributed by atoms with Gasteiger partial charge in [0.25, 0.3) is 5.91 Å². The molecule has 0 aromatic heterocycles. The molecular weight excluding hydrogens is 395 g/mol.